The first-order chi connectivity index (χ1) is 7.65. The predicted molar refractivity (Wildman–Crippen MR) is 55.4 cm³/mol. The third-order valence-electron chi connectivity index (χ3n) is 2.04. The Balaban J connectivity index is 2.24. The third kappa shape index (κ3) is 2.34. The third-order valence-corrected chi connectivity index (χ3v) is 2.04. The molecule has 0 saturated carbocycles. The minimum absolute atomic E-state index is 0.144. The second kappa shape index (κ2) is 4.26. The van der Waals surface area contributed by atoms with Gasteiger partial charge in [-0.1, -0.05) is 6.07 Å². The summed E-state index contributed by atoms with van der Waals surface area (Å²) < 4.78 is 31.0. The van der Waals surface area contributed by atoms with E-state index in [1.807, 2.05) is 0 Å². The smallest absolute Gasteiger partial charge is 0.221 e. The maximum absolute atomic E-state index is 13.0. The number of halogens is 2. The molecule has 1 aromatic heterocycles. The van der Waals surface area contributed by atoms with Crippen molar-refractivity contribution >= 4 is 0 Å². The van der Waals surface area contributed by atoms with Gasteiger partial charge in [0.2, 0.25) is 11.8 Å². The second-order valence-electron chi connectivity index (χ2n) is 3.31. The summed E-state index contributed by atoms with van der Waals surface area (Å²) in [5.41, 5.74) is 0.467. The van der Waals surface area contributed by atoms with Crippen molar-refractivity contribution in [2.24, 2.45) is 0 Å². The van der Waals surface area contributed by atoms with Crippen LogP contribution < -0.4 is 4.74 Å². The number of ether oxygens (including phenoxy) is 1. The molecule has 2 nitrogen and oxygen atoms in total. The molecule has 16 heavy (non-hydrogen) atoms. The molecule has 82 valence electrons. The molecule has 0 aliphatic carbocycles. The molecule has 0 radical (unpaired) electrons. The summed E-state index contributed by atoms with van der Waals surface area (Å²) in [6, 6.07) is 8.54. The van der Waals surface area contributed by atoms with Crippen molar-refractivity contribution in [1.82, 2.24) is 4.98 Å². The van der Waals surface area contributed by atoms with Crippen LogP contribution >= 0.6 is 0 Å². The zero-order valence-electron chi connectivity index (χ0n) is 8.58. The molecular formula is C12H9F2NO. The lowest BCUT2D eigenvalue weighted by Crippen LogP contribution is -1.91. The first-order valence-corrected chi connectivity index (χ1v) is 4.72. The lowest BCUT2D eigenvalue weighted by molar-refractivity contribution is 0.443. The molecular weight excluding hydrogens is 212 g/mol. The van der Waals surface area contributed by atoms with Crippen molar-refractivity contribution in [3.63, 3.8) is 0 Å². The zero-order valence-corrected chi connectivity index (χ0v) is 8.58. The highest BCUT2D eigenvalue weighted by atomic mass is 19.1. The highest BCUT2D eigenvalue weighted by Crippen LogP contribution is 2.21. The van der Waals surface area contributed by atoms with Gasteiger partial charge in [0.15, 0.2) is 0 Å². The van der Waals surface area contributed by atoms with Crippen LogP contribution in [0.4, 0.5) is 8.78 Å². The maximum Gasteiger partial charge on any atom is 0.221 e. The van der Waals surface area contributed by atoms with Gasteiger partial charge in [-0.25, -0.2) is 4.39 Å². The Kier molecular flexibility index (Phi) is 2.81. The van der Waals surface area contributed by atoms with Crippen LogP contribution in [0.2, 0.25) is 0 Å². The molecule has 0 unspecified atom stereocenters. The van der Waals surface area contributed by atoms with Crippen LogP contribution in [-0.2, 0) is 0 Å². The van der Waals surface area contributed by atoms with E-state index in [0.717, 1.165) is 0 Å². The summed E-state index contributed by atoms with van der Waals surface area (Å²) in [7, 11) is 0. The lowest BCUT2D eigenvalue weighted by Gasteiger charge is -2.05. The number of aromatic nitrogens is 1. The number of pyridine rings is 1. The van der Waals surface area contributed by atoms with E-state index in [1.165, 1.54) is 36.4 Å². The number of hydrogen-bond acceptors (Lipinski definition) is 2. The van der Waals surface area contributed by atoms with Gasteiger partial charge in [0.1, 0.15) is 11.6 Å². The van der Waals surface area contributed by atoms with Gasteiger partial charge in [-0.05, 0) is 36.8 Å². The van der Waals surface area contributed by atoms with E-state index < -0.39 is 5.95 Å². The molecule has 0 fully saturated rings. The number of aryl methyl sites for hydroxylation is 1. The van der Waals surface area contributed by atoms with Gasteiger partial charge in [-0.3, -0.25) is 0 Å². The van der Waals surface area contributed by atoms with Crippen molar-refractivity contribution in [3.8, 4) is 11.6 Å². The number of nitrogens with zero attached hydrogens (tertiary/aromatic N) is 1. The van der Waals surface area contributed by atoms with E-state index in [-0.39, 0.29) is 11.7 Å². The van der Waals surface area contributed by atoms with Crippen LogP contribution in [0, 0.1) is 18.7 Å². The summed E-state index contributed by atoms with van der Waals surface area (Å²) in [6.07, 6.45) is 0. The number of rotatable bonds is 2. The van der Waals surface area contributed by atoms with Gasteiger partial charge in [0.25, 0.3) is 0 Å². The molecule has 2 aromatic rings. The Labute approximate surface area is 91.5 Å². The second-order valence-corrected chi connectivity index (χ2v) is 3.31. The highest BCUT2D eigenvalue weighted by molar-refractivity contribution is 5.31. The molecule has 1 aromatic carbocycles. The SMILES string of the molecule is Cc1cc(Oc2cccc(F)n2)ccc1F. The molecule has 0 bridgehead atoms. The van der Waals surface area contributed by atoms with Crippen LogP contribution in [-0.4, -0.2) is 4.98 Å². The maximum atomic E-state index is 13.0. The molecule has 0 amide bonds. The van der Waals surface area contributed by atoms with E-state index in [4.69, 9.17) is 4.74 Å². The summed E-state index contributed by atoms with van der Waals surface area (Å²) in [5, 5.41) is 0. The van der Waals surface area contributed by atoms with Crippen LogP contribution in [0.1, 0.15) is 5.56 Å². The topological polar surface area (TPSA) is 22.1 Å². The molecule has 0 saturated heterocycles. The summed E-state index contributed by atoms with van der Waals surface area (Å²) in [5.74, 6) is -0.348. The van der Waals surface area contributed by atoms with E-state index in [9.17, 15) is 8.78 Å². The van der Waals surface area contributed by atoms with Crippen molar-refractivity contribution in [2.75, 3.05) is 0 Å². The minimum atomic E-state index is -0.615. The van der Waals surface area contributed by atoms with Gasteiger partial charge < -0.3 is 4.74 Å². The largest absolute Gasteiger partial charge is 0.439 e. The lowest BCUT2D eigenvalue weighted by atomic mass is 10.2. The molecule has 0 spiro atoms. The standard InChI is InChI=1S/C12H9F2NO/c1-8-7-9(5-6-10(8)13)16-12-4-2-3-11(14)15-12/h2-7H,1H3. The van der Waals surface area contributed by atoms with Gasteiger partial charge in [0.05, 0.1) is 0 Å². The fraction of sp³-hybridized carbons (Fsp3) is 0.0833. The average molecular weight is 221 g/mol. The summed E-state index contributed by atoms with van der Waals surface area (Å²) >= 11 is 0. The van der Waals surface area contributed by atoms with Crippen LogP contribution in [0.15, 0.2) is 36.4 Å². The van der Waals surface area contributed by atoms with Crippen LogP contribution in [0.3, 0.4) is 0 Å². The fourth-order valence-corrected chi connectivity index (χ4v) is 1.25. The molecule has 0 N–H and O–H groups in total. The molecule has 4 heteroatoms. The van der Waals surface area contributed by atoms with Gasteiger partial charge in [-0.2, -0.15) is 9.37 Å². The molecule has 2 rings (SSSR count). The van der Waals surface area contributed by atoms with Crippen molar-refractivity contribution in [3.05, 3.63) is 53.7 Å². The van der Waals surface area contributed by atoms with Crippen molar-refractivity contribution < 1.29 is 13.5 Å². The quantitative estimate of drug-likeness (QED) is 0.724. The number of hydrogen-bond donors (Lipinski definition) is 0. The Morgan fingerprint density at radius 3 is 2.62 bits per heavy atom. The predicted octanol–water partition coefficient (Wildman–Crippen LogP) is 3.46. The van der Waals surface area contributed by atoms with E-state index in [0.29, 0.717) is 11.3 Å². The highest BCUT2D eigenvalue weighted by Gasteiger charge is 2.02. The number of benzene rings is 1. The Morgan fingerprint density at radius 1 is 1.12 bits per heavy atom. The Morgan fingerprint density at radius 2 is 1.94 bits per heavy atom. The minimum Gasteiger partial charge on any atom is -0.439 e. The first-order valence-electron chi connectivity index (χ1n) is 4.72. The average Bonchev–Trinajstić information content (AvgIpc) is 2.24. The van der Waals surface area contributed by atoms with Crippen LogP contribution in [0.5, 0.6) is 11.6 Å². The molecule has 1 heterocycles. The van der Waals surface area contributed by atoms with Crippen molar-refractivity contribution in [2.45, 2.75) is 6.92 Å². The summed E-state index contributed by atoms with van der Waals surface area (Å²) in [4.78, 5) is 3.54. The van der Waals surface area contributed by atoms with Crippen molar-refractivity contribution in [1.29, 1.82) is 0 Å². The Bertz CT molecular complexity index is 514. The first kappa shape index (κ1) is 10.5. The van der Waals surface area contributed by atoms with Gasteiger partial charge >= 0.3 is 0 Å². The monoisotopic (exact) mass is 221 g/mol. The Hall–Kier alpha value is -1.97. The van der Waals surface area contributed by atoms with E-state index in [1.54, 1.807) is 6.92 Å². The summed E-state index contributed by atoms with van der Waals surface area (Å²) in [6.45, 7) is 1.63. The normalized spacial score (nSPS) is 10.2. The fourth-order valence-electron chi connectivity index (χ4n) is 1.25. The van der Waals surface area contributed by atoms with Crippen LogP contribution in [0.25, 0.3) is 0 Å². The molecule has 0 aliphatic rings. The van der Waals surface area contributed by atoms with E-state index >= 15 is 0 Å². The van der Waals surface area contributed by atoms with E-state index in [2.05, 4.69) is 4.98 Å². The van der Waals surface area contributed by atoms with Gasteiger partial charge in [0, 0.05) is 6.07 Å². The molecule has 0 atom stereocenters. The molecule has 0 aliphatic heterocycles. The van der Waals surface area contributed by atoms with Gasteiger partial charge in [-0.15, -0.1) is 0 Å². The zero-order chi connectivity index (χ0) is 11.5.